The normalized spacial score (nSPS) is 20.5. The maximum Gasteiger partial charge on any atom is 0.252 e. The molecule has 0 spiro atoms. The van der Waals surface area contributed by atoms with Gasteiger partial charge in [-0.05, 0) is 102 Å². The molecule has 0 unspecified atom stereocenters. The lowest BCUT2D eigenvalue weighted by Gasteiger charge is -2.35. The average molecular weight is 804 g/mol. The number of fused-ring (bicyclic) bond motifs is 6. The summed E-state index contributed by atoms with van der Waals surface area (Å²) in [6.45, 7) is 0. The van der Waals surface area contributed by atoms with Gasteiger partial charge in [0, 0.05) is 45.2 Å². The first-order chi connectivity index (χ1) is 26.2. The summed E-state index contributed by atoms with van der Waals surface area (Å²) in [5, 5.41) is -0.914. The van der Waals surface area contributed by atoms with Crippen molar-refractivity contribution in [3.63, 3.8) is 0 Å². The standard InChI is InChI=1S/2C22H22ClNO3.ClH/c1-26-19-11-16-15-8-3-4-9-18(15)24-21(17(16)12-20(19)27-2)13-6-5-7-14(10-13)22(23)25;1-26-19-11-16-15-5-3-4-6-18(15)24-21(17(16)12-20(19)27-2)13-7-9-14(10-8-13)22(23)25;/h5-7,10-12,15,18H,3-4,8-9H2,1-2H3;7-12,15,18H,3-6H2,1-2H3;1H/t2*15-,18-;/m11./s1. The van der Waals surface area contributed by atoms with Gasteiger partial charge in [-0.3, -0.25) is 19.6 Å². The summed E-state index contributed by atoms with van der Waals surface area (Å²) in [4.78, 5) is 33.2. The molecule has 0 radical (unpaired) electrons. The lowest BCUT2D eigenvalue weighted by atomic mass is 9.75. The maximum absolute atomic E-state index is 11.6. The molecule has 2 aliphatic heterocycles. The van der Waals surface area contributed by atoms with Crippen LogP contribution in [-0.2, 0) is 0 Å². The fourth-order valence-electron chi connectivity index (χ4n) is 8.55. The van der Waals surface area contributed by atoms with Crippen molar-refractivity contribution in [1.82, 2.24) is 0 Å². The Hall–Kier alpha value is -4.37. The molecule has 4 aromatic rings. The molecule has 8 nitrogen and oxygen atoms in total. The Morgan fingerprint density at radius 3 is 1.44 bits per heavy atom. The quantitative estimate of drug-likeness (QED) is 0.165. The zero-order valence-electron chi connectivity index (χ0n) is 31.4. The number of aliphatic imine (C=N–C) groups is 2. The van der Waals surface area contributed by atoms with Crippen LogP contribution in [0.1, 0.15) is 117 Å². The van der Waals surface area contributed by atoms with Gasteiger partial charge in [0.1, 0.15) is 0 Å². The molecule has 0 aromatic heterocycles. The Balaban J connectivity index is 0.000000184. The average Bonchev–Trinajstić information content (AvgIpc) is 3.22. The van der Waals surface area contributed by atoms with E-state index in [-0.39, 0.29) is 24.5 Å². The summed E-state index contributed by atoms with van der Waals surface area (Å²) < 4.78 is 22.2. The summed E-state index contributed by atoms with van der Waals surface area (Å²) in [7, 11) is 6.62. The minimum atomic E-state index is -0.462. The number of benzene rings is 4. The van der Waals surface area contributed by atoms with E-state index in [1.807, 2.05) is 42.5 Å². The van der Waals surface area contributed by atoms with Gasteiger partial charge < -0.3 is 18.9 Å². The van der Waals surface area contributed by atoms with Crippen LogP contribution in [0.15, 0.2) is 82.8 Å². The molecule has 288 valence electrons. The van der Waals surface area contributed by atoms with Crippen molar-refractivity contribution < 1.29 is 28.5 Å². The highest BCUT2D eigenvalue weighted by Gasteiger charge is 2.36. The second-order valence-electron chi connectivity index (χ2n) is 14.2. The van der Waals surface area contributed by atoms with E-state index in [1.54, 1.807) is 46.6 Å². The van der Waals surface area contributed by atoms with E-state index in [2.05, 4.69) is 12.1 Å². The Morgan fingerprint density at radius 1 is 0.545 bits per heavy atom. The van der Waals surface area contributed by atoms with Crippen molar-refractivity contribution in [2.45, 2.75) is 75.3 Å². The number of nitrogens with zero attached hydrogens (tertiary/aromatic N) is 2. The largest absolute Gasteiger partial charge is 0.493 e. The van der Waals surface area contributed by atoms with Gasteiger partial charge in [-0.25, -0.2) is 0 Å². The number of hydrogen-bond acceptors (Lipinski definition) is 8. The fraction of sp³-hybridized carbons (Fsp3) is 0.364. The minimum absolute atomic E-state index is 0. The summed E-state index contributed by atoms with van der Waals surface area (Å²) in [5.74, 6) is 3.70. The van der Waals surface area contributed by atoms with Crippen LogP contribution < -0.4 is 18.9 Å². The van der Waals surface area contributed by atoms with E-state index in [4.69, 9.17) is 52.1 Å². The highest BCUT2D eigenvalue weighted by Crippen LogP contribution is 2.46. The van der Waals surface area contributed by atoms with Crippen molar-refractivity contribution in [1.29, 1.82) is 0 Å². The van der Waals surface area contributed by atoms with Gasteiger partial charge in [0.15, 0.2) is 23.0 Å². The van der Waals surface area contributed by atoms with Gasteiger partial charge in [-0.2, -0.15) is 0 Å². The molecule has 4 atom stereocenters. The Kier molecular flexibility index (Phi) is 12.9. The van der Waals surface area contributed by atoms with E-state index in [1.165, 1.54) is 36.8 Å². The van der Waals surface area contributed by atoms with Crippen LogP contribution in [-0.4, -0.2) is 62.4 Å². The lowest BCUT2D eigenvalue weighted by molar-refractivity contribution is 0.107. The van der Waals surface area contributed by atoms with Crippen LogP contribution >= 0.6 is 35.6 Å². The van der Waals surface area contributed by atoms with Crippen LogP contribution in [0.3, 0.4) is 0 Å². The molecule has 4 aromatic carbocycles. The number of hydrogen-bond donors (Lipinski definition) is 0. The van der Waals surface area contributed by atoms with E-state index in [9.17, 15) is 9.59 Å². The van der Waals surface area contributed by atoms with Gasteiger partial charge >= 0.3 is 0 Å². The van der Waals surface area contributed by atoms with Crippen LogP contribution in [0.4, 0.5) is 0 Å². The number of halogens is 3. The summed E-state index contributed by atoms with van der Waals surface area (Å²) in [5.41, 5.74) is 9.36. The first-order valence-corrected chi connectivity index (χ1v) is 19.3. The molecule has 0 saturated heterocycles. The van der Waals surface area contributed by atoms with Crippen LogP contribution in [0.2, 0.25) is 0 Å². The van der Waals surface area contributed by atoms with Crippen molar-refractivity contribution in [3.05, 3.63) is 117 Å². The van der Waals surface area contributed by atoms with E-state index in [0.717, 1.165) is 70.9 Å². The number of methoxy groups -OCH3 is 4. The minimum Gasteiger partial charge on any atom is -0.493 e. The molecule has 0 amide bonds. The van der Waals surface area contributed by atoms with Crippen molar-refractivity contribution in [3.8, 4) is 23.0 Å². The first kappa shape index (κ1) is 40.3. The number of rotatable bonds is 8. The van der Waals surface area contributed by atoms with Crippen molar-refractivity contribution >= 4 is 57.5 Å². The topological polar surface area (TPSA) is 95.8 Å². The number of ether oxygens (including phenoxy) is 4. The molecule has 0 N–H and O–H groups in total. The van der Waals surface area contributed by atoms with Crippen LogP contribution in [0.5, 0.6) is 23.0 Å². The Bertz CT molecular complexity index is 2130. The molecule has 2 heterocycles. The molecular formula is C44H45Cl3N2O6. The van der Waals surface area contributed by atoms with Gasteiger partial charge in [0.2, 0.25) is 0 Å². The smallest absolute Gasteiger partial charge is 0.252 e. The van der Waals surface area contributed by atoms with Crippen LogP contribution in [0.25, 0.3) is 0 Å². The number of carbonyl (C=O) groups is 2. The van der Waals surface area contributed by atoms with Gasteiger partial charge in [-0.1, -0.05) is 56.0 Å². The molecule has 0 bridgehead atoms. The lowest BCUT2D eigenvalue weighted by Crippen LogP contribution is -2.29. The highest BCUT2D eigenvalue weighted by atomic mass is 35.5. The molecule has 55 heavy (non-hydrogen) atoms. The second kappa shape index (κ2) is 17.6. The predicted molar refractivity (Wildman–Crippen MR) is 221 cm³/mol. The third kappa shape index (κ3) is 8.14. The second-order valence-corrected chi connectivity index (χ2v) is 14.9. The Labute approximate surface area is 338 Å². The van der Waals surface area contributed by atoms with E-state index < -0.39 is 10.5 Å². The monoisotopic (exact) mass is 802 g/mol. The maximum atomic E-state index is 11.6. The van der Waals surface area contributed by atoms with Gasteiger partial charge in [0.25, 0.3) is 10.5 Å². The first-order valence-electron chi connectivity index (χ1n) is 18.5. The fourth-order valence-corrected chi connectivity index (χ4v) is 8.79. The molecular weight excluding hydrogens is 759 g/mol. The summed E-state index contributed by atoms with van der Waals surface area (Å²) >= 11 is 11.3. The third-order valence-electron chi connectivity index (χ3n) is 11.2. The Morgan fingerprint density at radius 2 is 0.982 bits per heavy atom. The molecule has 2 fully saturated rings. The molecule has 4 aliphatic rings. The molecule has 2 aliphatic carbocycles. The third-order valence-corrected chi connectivity index (χ3v) is 11.7. The SMILES string of the molecule is COc1cc2c(cc1OC)[C@H]1CCCC[C@H]1N=C2c1ccc(C(=O)Cl)cc1.COc1cc2c(cc1OC)[C@H]1CCCC[C@H]1N=C2c1cccc(C(=O)Cl)c1.Cl. The molecule has 11 heteroatoms. The molecule has 8 rings (SSSR count). The predicted octanol–water partition coefficient (Wildman–Crippen LogP) is 10.3. The zero-order chi connectivity index (χ0) is 37.9. The zero-order valence-corrected chi connectivity index (χ0v) is 33.7. The van der Waals surface area contributed by atoms with Crippen LogP contribution in [0, 0.1) is 0 Å². The van der Waals surface area contributed by atoms with Crippen molar-refractivity contribution in [2.24, 2.45) is 9.98 Å². The molecule has 2 saturated carbocycles. The van der Waals surface area contributed by atoms with Crippen molar-refractivity contribution in [2.75, 3.05) is 28.4 Å². The van der Waals surface area contributed by atoms with E-state index >= 15 is 0 Å². The van der Waals surface area contributed by atoms with E-state index in [0.29, 0.717) is 34.5 Å². The van der Waals surface area contributed by atoms with Gasteiger partial charge in [-0.15, -0.1) is 12.4 Å². The van der Waals surface area contributed by atoms with Gasteiger partial charge in [0.05, 0.1) is 51.9 Å². The summed E-state index contributed by atoms with van der Waals surface area (Å²) in [6, 6.07) is 23.5. The summed E-state index contributed by atoms with van der Waals surface area (Å²) in [6.07, 6.45) is 9.30. The highest BCUT2D eigenvalue weighted by molar-refractivity contribution is 6.68. The number of carbonyl (C=O) groups excluding carboxylic acids is 2.